The third-order valence-electron chi connectivity index (χ3n) is 2.09. The monoisotopic (exact) mass is 239 g/mol. The van der Waals surface area contributed by atoms with Gasteiger partial charge in [0.1, 0.15) is 0 Å². The fourth-order valence-corrected chi connectivity index (χ4v) is 2.02. The molecule has 4 heteroatoms. The first kappa shape index (κ1) is 8.44. The Bertz CT molecular complexity index is 412. The second kappa shape index (κ2) is 2.96. The normalized spacial score (nSPS) is 13.8. The van der Waals surface area contributed by atoms with Gasteiger partial charge < -0.3 is 0 Å². The van der Waals surface area contributed by atoms with Gasteiger partial charge >= 0.3 is 0 Å². The zero-order valence-corrected chi connectivity index (χ0v) is 8.24. The van der Waals surface area contributed by atoms with E-state index in [4.69, 9.17) is 0 Å². The summed E-state index contributed by atoms with van der Waals surface area (Å²) in [5, 5.41) is 10.6. The summed E-state index contributed by atoms with van der Waals surface area (Å²) in [6.45, 7) is 0. The largest absolute Gasteiger partial charge is 0.273 e. The summed E-state index contributed by atoms with van der Waals surface area (Å²) in [5.41, 5.74) is 1.96. The minimum absolute atomic E-state index is 0.219. The van der Waals surface area contributed by atoms with Crippen molar-refractivity contribution in [1.82, 2.24) is 0 Å². The Labute approximate surface area is 83.4 Å². The number of nitro groups is 1. The number of benzene rings is 1. The molecule has 1 aromatic rings. The van der Waals surface area contributed by atoms with Crippen molar-refractivity contribution in [3.8, 4) is 0 Å². The lowest BCUT2D eigenvalue weighted by Gasteiger charge is -2.00. The van der Waals surface area contributed by atoms with Crippen LogP contribution in [-0.2, 0) is 6.42 Å². The molecule has 13 heavy (non-hydrogen) atoms. The standard InChI is InChI=1S/C9H6BrNO2/c10-8-3-1-2-7-6(8)4-5-9(7)11(12)13/h1-3,5H,4H2. The van der Waals surface area contributed by atoms with Crippen LogP contribution in [0, 0.1) is 10.1 Å². The predicted octanol–water partition coefficient (Wildman–Crippen LogP) is 2.62. The minimum Gasteiger partial charge on any atom is -0.258 e. The number of fused-ring (bicyclic) bond motifs is 1. The van der Waals surface area contributed by atoms with Crippen LogP contribution >= 0.6 is 15.9 Å². The molecule has 0 atom stereocenters. The molecule has 1 aliphatic rings. The molecule has 3 nitrogen and oxygen atoms in total. The Morgan fingerprint density at radius 1 is 1.46 bits per heavy atom. The van der Waals surface area contributed by atoms with Crippen molar-refractivity contribution >= 4 is 21.6 Å². The molecular weight excluding hydrogens is 234 g/mol. The average Bonchev–Trinajstić information content (AvgIpc) is 2.48. The van der Waals surface area contributed by atoms with Crippen molar-refractivity contribution in [3.05, 3.63) is 50.0 Å². The third-order valence-corrected chi connectivity index (χ3v) is 2.83. The molecule has 0 radical (unpaired) electrons. The van der Waals surface area contributed by atoms with E-state index in [1.165, 1.54) is 0 Å². The van der Waals surface area contributed by atoms with Crippen LogP contribution in [0.3, 0.4) is 0 Å². The molecule has 0 saturated heterocycles. The summed E-state index contributed by atoms with van der Waals surface area (Å²) in [5.74, 6) is 0. The lowest BCUT2D eigenvalue weighted by Crippen LogP contribution is -1.95. The molecule has 2 rings (SSSR count). The van der Waals surface area contributed by atoms with E-state index in [0.29, 0.717) is 6.42 Å². The zero-order chi connectivity index (χ0) is 9.42. The smallest absolute Gasteiger partial charge is 0.258 e. The fourth-order valence-electron chi connectivity index (χ4n) is 1.49. The van der Waals surface area contributed by atoms with Crippen LogP contribution in [0.15, 0.2) is 28.7 Å². The number of hydrogen-bond donors (Lipinski definition) is 0. The maximum Gasteiger partial charge on any atom is 0.273 e. The highest BCUT2D eigenvalue weighted by Gasteiger charge is 2.24. The zero-order valence-electron chi connectivity index (χ0n) is 6.66. The van der Waals surface area contributed by atoms with Crippen LogP contribution in [0.25, 0.3) is 5.70 Å². The minimum atomic E-state index is -0.335. The number of hydrogen-bond acceptors (Lipinski definition) is 2. The summed E-state index contributed by atoms with van der Waals surface area (Å²) in [7, 11) is 0. The Morgan fingerprint density at radius 3 is 2.92 bits per heavy atom. The molecule has 0 saturated carbocycles. The lowest BCUT2D eigenvalue weighted by molar-refractivity contribution is -0.375. The highest BCUT2D eigenvalue weighted by Crippen LogP contribution is 2.32. The van der Waals surface area contributed by atoms with Gasteiger partial charge in [0.15, 0.2) is 0 Å². The van der Waals surface area contributed by atoms with Crippen LogP contribution in [0.2, 0.25) is 0 Å². The van der Waals surface area contributed by atoms with Crippen molar-refractivity contribution in [2.75, 3.05) is 0 Å². The van der Waals surface area contributed by atoms with Gasteiger partial charge in [-0.2, -0.15) is 0 Å². The second-order valence-electron chi connectivity index (χ2n) is 2.82. The van der Waals surface area contributed by atoms with Crippen molar-refractivity contribution < 1.29 is 4.92 Å². The number of allylic oxidation sites excluding steroid dienone is 1. The summed E-state index contributed by atoms with van der Waals surface area (Å²) in [6, 6.07) is 5.49. The quantitative estimate of drug-likeness (QED) is 0.559. The Morgan fingerprint density at radius 2 is 2.23 bits per heavy atom. The summed E-state index contributed by atoms with van der Waals surface area (Å²) < 4.78 is 0.943. The van der Waals surface area contributed by atoms with Crippen LogP contribution in [0.1, 0.15) is 11.1 Å². The highest BCUT2D eigenvalue weighted by molar-refractivity contribution is 9.10. The molecule has 0 aliphatic heterocycles. The van der Waals surface area contributed by atoms with Gasteiger partial charge in [0.05, 0.1) is 10.5 Å². The highest BCUT2D eigenvalue weighted by atomic mass is 79.9. The summed E-state index contributed by atoms with van der Waals surface area (Å²) >= 11 is 3.37. The van der Waals surface area contributed by atoms with Crippen LogP contribution in [0.4, 0.5) is 0 Å². The van der Waals surface area contributed by atoms with E-state index in [9.17, 15) is 10.1 Å². The van der Waals surface area contributed by atoms with Gasteiger partial charge in [-0.15, -0.1) is 0 Å². The first-order chi connectivity index (χ1) is 6.20. The topological polar surface area (TPSA) is 43.1 Å². The van der Waals surface area contributed by atoms with Crippen molar-refractivity contribution in [1.29, 1.82) is 0 Å². The molecule has 66 valence electrons. The van der Waals surface area contributed by atoms with E-state index in [1.54, 1.807) is 12.1 Å². The van der Waals surface area contributed by atoms with Crippen molar-refractivity contribution in [2.45, 2.75) is 6.42 Å². The van der Waals surface area contributed by atoms with E-state index in [1.807, 2.05) is 12.1 Å². The summed E-state index contributed by atoms with van der Waals surface area (Å²) in [6.07, 6.45) is 2.29. The molecule has 0 heterocycles. The first-order valence-electron chi connectivity index (χ1n) is 3.82. The van der Waals surface area contributed by atoms with Gasteiger partial charge in [-0.3, -0.25) is 10.1 Å². The van der Waals surface area contributed by atoms with Gasteiger partial charge in [-0.1, -0.05) is 22.0 Å². The molecular formula is C9H6BrNO2. The van der Waals surface area contributed by atoms with Crippen molar-refractivity contribution in [3.63, 3.8) is 0 Å². The Hall–Kier alpha value is -1.16. The number of rotatable bonds is 1. The molecule has 0 N–H and O–H groups in total. The Kier molecular flexibility index (Phi) is 1.92. The molecule has 0 fully saturated rings. The fraction of sp³-hybridized carbons (Fsp3) is 0.111. The predicted molar refractivity (Wildman–Crippen MR) is 52.8 cm³/mol. The van der Waals surface area contributed by atoms with E-state index in [2.05, 4.69) is 15.9 Å². The van der Waals surface area contributed by atoms with Gasteiger partial charge in [0, 0.05) is 4.47 Å². The summed E-state index contributed by atoms with van der Waals surface area (Å²) in [4.78, 5) is 10.3. The molecule has 0 aromatic heterocycles. The van der Waals surface area contributed by atoms with Crippen molar-refractivity contribution in [2.24, 2.45) is 0 Å². The first-order valence-corrected chi connectivity index (χ1v) is 4.62. The third kappa shape index (κ3) is 1.27. The van der Waals surface area contributed by atoms with E-state index >= 15 is 0 Å². The molecule has 1 aliphatic carbocycles. The van der Waals surface area contributed by atoms with Gasteiger partial charge in [-0.05, 0) is 30.2 Å². The molecule has 0 amide bonds. The molecule has 0 bridgehead atoms. The van der Waals surface area contributed by atoms with Gasteiger partial charge in [0.25, 0.3) is 5.70 Å². The molecule has 0 spiro atoms. The van der Waals surface area contributed by atoms with Crippen LogP contribution < -0.4 is 0 Å². The van der Waals surface area contributed by atoms with Gasteiger partial charge in [0.2, 0.25) is 0 Å². The number of halogens is 1. The number of nitrogens with zero attached hydrogens (tertiary/aromatic N) is 1. The maximum atomic E-state index is 10.6. The molecule has 1 aromatic carbocycles. The Balaban J connectivity index is 2.56. The lowest BCUT2D eigenvalue weighted by atomic mass is 10.1. The van der Waals surface area contributed by atoms with E-state index in [-0.39, 0.29) is 10.6 Å². The second-order valence-corrected chi connectivity index (χ2v) is 3.67. The van der Waals surface area contributed by atoms with Crippen LogP contribution in [0.5, 0.6) is 0 Å². The van der Waals surface area contributed by atoms with E-state index in [0.717, 1.165) is 15.6 Å². The SMILES string of the molecule is O=[N+]([O-])C1=CCc2c(Br)cccc21. The maximum absolute atomic E-state index is 10.6. The van der Waals surface area contributed by atoms with Crippen LogP contribution in [-0.4, -0.2) is 4.92 Å². The van der Waals surface area contributed by atoms with E-state index < -0.39 is 0 Å². The average molecular weight is 240 g/mol. The molecule has 0 unspecified atom stereocenters. The van der Waals surface area contributed by atoms with Gasteiger partial charge in [-0.25, -0.2) is 0 Å².